The summed E-state index contributed by atoms with van der Waals surface area (Å²) in [6.45, 7) is 1.69. The molecular formula is C18H18N6O. The Kier molecular flexibility index (Phi) is 4.56. The maximum absolute atomic E-state index is 8.93. The van der Waals surface area contributed by atoms with Crippen molar-refractivity contribution in [3.63, 3.8) is 0 Å². The lowest BCUT2D eigenvalue weighted by atomic mass is 10.1. The van der Waals surface area contributed by atoms with E-state index in [0.717, 1.165) is 22.5 Å². The van der Waals surface area contributed by atoms with Crippen molar-refractivity contribution in [2.45, 2.75) is 6.92 Å². The van der Waals surface area contributed by atoms with Crippen molar-refractivity contribution >= 4 is 23.4 Å². The quantitative estimate of drug-likeness (QED) is 0.378. The lowest BCUT2D eigenvalue weighted by Gasteiger charge is -2.10. The van der Waals surface area contributed by atoms with Gasteiger partial charge in [0.15, 0.2) is 5.82 Å². The van der Waals surface area contributed by atoms with Gasteiger partial charge in [0.2, 0.25) is 0 Å². The van der Waals surface area contributed by atoms with E-state index in [4.69, 9.17) is 10.6 Å². The van der Waals surface area contributed by atoms with Crippen LogP contribution in [-0.4, -0.2) is 31.9 Å². The number of rotatable bonds is 5. The number of nitrogens with zero attached hydrogens (tertiary/aromatic N) is 4. The third-order valence-electron chi connectivity index (χ3n) is 3.75. The Bertz CT molecular complexity index is 944. The van der Waals surface area contributed by atoms with Gasteiger partial charge in [-0.25, -0.2) is 4.98 Å². The molecule has 0 atom stereocenters. The second-order valence-corrected chi connectivity index (χ2v) is 5.54. The van der Waals surface area contributed by atoms with Crippen LogP contribution in [0.2, 0.25) is 0 Å². The van der Waals surface area contributed by atoms with Gasteiger partial charge in [-0.3, -0.25) is 4.68 Å². The zero-order chi connectivity index (χ0) is 17.8. The fourth-order valence-corrected chi connectivity index (χ4v) is 2.42. The number of aryl methyl sites for hydroxylation is 1. The molecule has 0 saturated carbocycles. The molecule has 0 spiro atoms. The van der Waals surface area contributed by atoms with Crippen LogP contribution >= 0.6 is 0 Å². The monoisotopic (exact) mass is 334 g/mol. The zero-order valence-electron chi connectivity index (χ0n) is 13.9. The summed E-state index contributed by atoms with van der Waals surface area (Å²) in [5.41, 5.74) is 4.21. The minimum atomic E-state index is 0.449. The van der Waals surface area contributed by atoms with Gasteiger partial charge in [0.25, 0.3) is 0 Å². The van der Waals surface area contributed by atoms with Gasteiger partial charge < -0.3 is 15.9 Å². The molecule has 0 radical (unpaired) electrons. The third-order valence-corrected chi connectivity index (χ3v) is 3.75. The van der Waals surface area contributed by atoms with Gasteiger partial charge in [-0.1, -0.05) is 23.4 Å². The molecule has 0 bridgehead atoms. The molecule has 0 unspecified atom stereocenters. The normalized spacial score (nSPS) is 11.4. The number of hydrogen-bond donors (Lipinski definition) is 3. The highest BCUT2D eigenvalue weighted by molar-refractivity contribution is 5.97. The highest BCUT2D eigenvalue weighted by Gasteiger charge is 2.08. The number of anilines is 2. The first-order valence-corrected chi connectivity index (χ1v) is 7.68. The predicted molar refractivity (Wildman–Crippen MR) is 98.0 cm³/mol. The van der Waals surface area contributed by atoms with Crippen LogP contribution in [0.15, 0.2) is 53.8 Å². The van der Waals surface area contributed by atoms with E-state index >= 15 is 0 Å². The van der Waals surface area contributed by atoms with E-state index in [1.807, 2.05) is 49.6 Å². The number of hydrogen-bond acceptors (Lipinski definition) is 6. The molecule has 2 heterocycles. The Hall–Kier alpha value is -3.48. The van der Waals surface area contributed by atoms with Crippen molar-refractivity contribution in [2.75, 3.05) is 5.32 Å². The SMILES string of the molecule is C/C(=N/O)c1cccc(-c2ccc(C=N)c(Nc3ccn(C)n3)c2)n1. The second-order valence-electron chi connectivity index (χ2n) is 5.54. The van der Waals surface area contributed by atoms with Gasteiger partial charge in [-0.2, -0.15) is 5.10 Å². The van der Waals surface area contributed by atoms with Gasteiger partial charge in [0.05, 0.1) is 11.4 Å². The molecule has 0 saturated heterocycles. The summed E-state index contributed by atoms with van der Waals surface area (Å²) in [6.07, 6.45) is 3.14. The molecule has 7 nitrogen and oxygen atoms in total. The maximum atomic E-state index is 8.93. The number of aromatic nitrogens is 3. The summed E-state index contributed by atoms with van der Waals surface area (Å²) < 4.78 is 1.71. The molecule has 0 aliphatic rings. The van der Waals surface area contributed by atoms with E-state index in [0.29, 0.717) is 17.2 Å². The molecule has 25 heavy (non-hydrogen) atoms. The molecule has 0 aliphatic carbocycles. The minimum absolute atomic E-state index is 0.449. The van der Waals surface area contributed by atoms with Gasteiger partial charge >= 0.3 is 0 Å². The molecule has 0 fully saturated rings. The zero-order valence-corrected chi connectivity index (χ0v) is 13.9. The highest BCUT2D eigenvalue weighted by atomic mass is 16.4. The summed E-state index contributed by atoms with van der Waals surface area (Å²) >= 11 is 0. The van der Waals surface area contributed by atoms with E-state index in [9.17, 15) is 0 Å². The van der Waals surface area contributed by atoms with E-state index in [2.05, 4.69) is 20.6 Å². The van der Waals surface area contributed by atoms with Crippen LogP contribution in [0.25, 0.3) is 11.3 Å². The van der Waals surface area contributed by atoms with Crippen molar-refractivity contribution in [1.29, 1.82) is 5.41 Å². The molecule has 2 aromatic heterocycles. The maximum Gasteiger partial charge on any atom is 0.152 e. The Morgan fingerprint density at radius 1 is 1.28 bits per heavy atom. The van der Waals surface area contributed by atoms with Crippen molar-refractivity contribution < 1.29 is 5.21 Å². The number of nitrogens with one attached hydrogen (secondary N) is 2. The average molecular weight is 334 g/mol. The smallest absolute Gasteiger partial charge is 0.152 e. The van der Waals surface area contributed by atoms with Gasteiger partial charge in [-0.05, 0) is 25.1 Å². The summed E-state index contributed by atoms with van der Waals surface area (Å²) in [5, 5.41) is 27.3. The number of pyridine rings is 1. The Labute approximate surface area is 145 Å². The van der Waals surface area contributed by atoms with E-state index < -0.39 is 0 Å². The van der Waals surface area contributed by atoms with Crippen LogP contribution in [0.1, 0.15) is 18.2 Å². The van der Waals surface area contributed by atoms with Crippen LogP contribution in [0.4, 0.5) is 11.5 Å². The first kappa shape index (κ1) is 16.4. The Morgan fingerprint density at radius 2 is 2.12 bits per heavy atom. The number of benzene rings is 1. The number of oxime groups is 1. The van der Waals surface area contributed by atoms with Crippen LogP contribution < -0.4 is 5.32 Å². The summed E-state index contributed by atoms with van der Waals surface area (Å²) in [7, 11) is 1.85. The second kappa shape index (κ2) is 6.96. The lowest BCUT2D eigenvalue weighted by molar-refractivity contribution is 0.319. The molecule has 3 N–H and O–H groups in total. The van der Waals surface area contributed by atoms with Gasteiger partial charge in [0.1, 0.15) is 5.71 Å². The summed E-state index contributed by atoms with van der Waals surface area (Å²) in [4.78, 5) is 4.53. The lowest BCUT2D eigenvalue weighted by Crippen LogP contribution is -2.01. The van der Waals surface area contributed by atoms with Crippen LogP contribution in [0.5, 0.6) is 0 Å². The summed E-state index contributed by atoms with van der Waals surface area (Å²) in [5.74, 6) is 0.702. The average Bonchev–Trinajstić information content (AvgIpc) is 3.06. The first-order valence-electron chi connectivity index (χ1n) is 7.68. The van der Waals surface area contributed by atoms with Gasteiger partial charge in [-0.15, -0.1) is 0 Å². The van der Waals surface area contributed by atoms with Crippen LogP contribution in [-0.2, 0) is 7.05 Å². The fraction of sp³-hybridized carbons (Fsp3) is 0.111. The minimum Gasteiger partial charge on any atom is -0.411 e. The van der Waals surface area contributed by atoms with Crippen molar-refractivity contribution in [3.05, 3.63) is 59.9 Å². The largest absolute Gasteiger partial charge is 0.411 e. The summed E-state index contributed by atoms with van der Waals surface area (Å²) in [6, 6.07) is 13.1. The topological polar surface area (TPSA) is 99.2 Å². The molecular weight excluding hydrogens is 316 g/mol. The van der Waals surface area contributed by atoms with Gasteiger partial charge in [0, 0.05) is 42.3 Å². The molecule has 0 aliphatic heterocycles. The van der Waals surface area contributed by atoms with E-state index in [1.54, 1.807) is 17.7 Å². The molecule has 0 amide bonds. The van der Waals surface area contributed by atoms with Crippen molar-refractivity contribution in [3.8, 4) is 11.3 Å². The first-order chi connectivity index (χ1) is 12.1. The van der Waals surface area contributed by atoms with Crippen molar-refractivity contribution in [1.82, 2.24) is 14.8 Å². The Morgan fingerprint density at radius 3 is 2.80 bits per heavy atom. The van der Waals surface area contributed by atoms with E-state index in [1.165, 1.54) is 6.21 Å². The molecule has 1 aromatic carbocycles. The Balaban J connectivity index is 2.00. The van der Waals surface area contributed by atoms with Crippen LogP contribution in [0, 0.1) is 5.41 Å². The molecule has 7 heteroatoms. The fourth-order valence-electron chi connectivity index (χ4n) is 2.42. The predicted octanol–water partition coefficient (Wildman–Crippen LogP) is 3.42. The molecule has 126 valence electrons. The third kappa shape index (κ3) is 3.55. The highest BCUT2D eigenvalue weighted by Crippen LogP contribution is 2.26. The van der Waals surface area contributed by atoms with Crippen molar-refractivity contribution in [2.24, 2.45) is 12.2 Å². The van der Waals surface area contributed by atoms with Crippen LogP contribution in [0.3, 0.4) is 0 Å². The molecule has 3 aromatic rings. The molecule has 3 rings (SSSR count). The van der Waals surface area contributed by atoms with E-state index in [-0.39, 0.29) is 0 Å². The standard InChI is InChI=1S/C18H18N6O/c1-12(23-25)15-4-3-5-16(20-15)13-6-7-14(11-19)17(10-13)21-18-8-9-24(2)22-18/h3-11,19,25H,1-2H3,(H,21,22)/b19-11?,23-12-.